The minimum atomic E-state index is -4.71. The monoisotopic (exact) mass is 397 g/mol. The summed E-state index contributed by atoms with van der Waals surface area (Å²) >= 11 is 0. The molecule has 0 saturated carbocycles. The SMILES string of the molecule is CC(NS(=O)(=O)c1ccc(C(F)(F)F)c(C#N)c1)C1CCCNC1.Cl. The van der Waals surface area contributed by atoms with Crippen LogP contribution in [-0.4, -0.2) is 27.5 Å². The van der Waals surface area contributed by atoms with Crippen LogP contribution in [0.15, 0.2) is 23.1 Å². The van der Waals surface area contributed by atoms with Crippen molar-refractivity contribution in [1.82, 2.24) is 10.0 Å². The number of hydrogen-bond acceptors (Lipinski definition) is 4. The van der Waals surface area contributed by atoms with Gasteiger partial charge in [0.2, 0.25) is 10.0 Å². The van der Waals surface area contributed by atoms with Crippen LogP contribution in [0.3, 0.4) is 0 Å². The molecule has 2 atom stereocenters. The Balaban J connectivity index is 0.00000312. The summed E-state index contributed by atoms with van der Waals surface area (Å²) < 4.78 is 65.7. The molecule has 5 nitrogen and oxygen atoms in total. The molecule has 1 aliphatic heterocycles. The highest BCUT2D eigenvalue weighted by Crippen LogP contribution is 2.32. The number of piperidine rings is 1. The molecule has 2 unspecified atom stereocenters. The molecule has 1 fully saturated rings. The molecule has 2 rings (SSSR count). The maximum absolute atomic E-state index is 12.8. The van der Waals surface area contributed by atoms with Crippen LogP contribution in [0, 0.1) is 17.2 Å². The van der Waals surface area contributed by atoms with Gasteiger partial charge < -0.3 is 5.32 Å². The number of halogens is 4. The largest absolute Gasteiger partial charge is 0.417 e. The minimum Gasteiger partial charge on any atom is -0.316 e. The Morgan fingerprint density at radius 3 is 2.60 bits per heavy atom. The molecule has 0 amide bonds. The Hall–Kier alpha value is -1.34. The third kappa shape index (κ3) is 5.31. The van der Waals surface area contributed by atoms with Crippen molar-refractivity contribution in [2.45, 2.75) is 36.9 Å². The van der Waals surface area contributed by atoms with Gasteiger partial charge in [-0.25, -0.2) is 13.1 Å². The molecular weight excluding hydrogens is 379 g/mol. The second kappa shape index (κ2) is 8.36. The van der Waals surface area contributed by atoms with Crippen molar-refractivity contribution in [1.29, 1.82) is 5.26 Å². The standard InChI is InChI=1S/C15H18F3N3O2S.ClH/c1-10(11-3-2-6-20-9-11)21-24(22,23)13-4-5-14(15(16,17)18)12(7-13)8-19;/h4-5,7,10-11,20-21H,2-3,6,9H2,1H3;1H. The lowest BCUT2D eigenvalue weighted by Crippen LogP contribution is -2.44. The van der Waals surface area contributed by atoms with Gasteiger partial charge in [0.25, 0.3) is 0 Å². The normalized spacial score (nSPS) is 19.6. The van der Waals surface area contributed by atoms with Crippen LogP contribution in [0.25, 0.3) is 0 Å². The van der Waals surface area contributed by atoms with E-state index in [2.05, 4.69) is 10.0 Å². The lowest BCUT2D eigenvalue weighted by atomic mass is 9.94. The van der Waals surface area contributed by atoms with E-state index in [4.69, 9.17) is 5.26 Å². The molecule has 1 heterocycles. The van der Waals surface area contributed by atoms with E-state index in [9.17, 15) is 21.6 Å². The lowest BCUT2D eigenvalue weighted by Gasteiger charge is -2.28. The molecule has 140 valence electrons. The number of alkyl halides is 3. The fourth-order valence-electron chi connectivity index (χ4n) is 2.74. The van der Waals surface area contributed by atoms with Crippen LogP contribution >= 0.6 is 12.4 Å². The number of rotatable bonds is 4. The van der Waals surface area contributed by atoms with Crippen molar-refractivity contribution in [3.8, 4) is 6.07 Å². The summed E-state index contributed by atoms with van der Waals surface area (Å²) in [6.45, 7) is 3.30. The third-order valence-electron chi connectivity index (χ3n) is 4.11. The van der Waals surface area contributed by atoms with Gasteiger partial charge in [-0.1, -0.05) is 0 Å². The first-order valence-electron chi connectivity index (χ1n) is 7.49. The van der Waals surface area contributed by atoms with E-state index in [1.807, 2.05) is 0 Å². The lowest BCUT2D eigenvalue weighted by molar-refractivity contribution is -0.137. The van der Waals surface area contributed by atoms with Gasteiger partial charge in [0.05, 0.1) is 22.1 Å². The summed E-state index contributed by atoms with van der Waals surface area (Å²) in [6.07, 6.45) is -2.90. The number of nitrogens with one attached hydrogen (secondary N) is 2. The van der Waals surface area contributed by atoms with Crippen LogP contribution in [0.5, 0.6) is 0 Å². The molecular formula is C15H19ClF3N3O2S. The quantitative estimate of drug-likeness (QED) is 0.818. The zero-order valence-electron chi connectivity index (χ0n) is 13.4. The fourth-order valence-corrected chi connectivity index (χ4v) is 4.08. The Bertz CT molecular complexity index is 741. The molecule has 0 radical (unpaired) electrons. The third-order valence-corrected chi connectivity index (χ3v) is 5.67. The van der Waals surface area contributed by atoms with E-state index >= 15 is 0 Å². The molecule has 2 N–H and O–H groups in total. The van der Waals surface area contributed by atoms with Gasteiger partial charge in [-0.2, -0.15) is 18.4 Å². The van der Waals surface area contributed by atoms with Gasteiger partial charge in [0, 0.05) is 6.04 Å². The summed E-state index contributed by atoms with van der Waals surface area (Å²) in [7, 11) is -4.00. The van der Waals surface area contributed by atoms with E-state index in [1.54, 1.807) is 6.92 Å². The second-order valence-corrected chi connectivity index (χ2v) is 7.55. The minimum absolute atomic E-state index is 0. The highest BCUT2D eigenvalue weighted by Gasteiger charge is 2.34. The van der Waals surface area contributed by atoms with Crippen LogP contribution in [-0.2, 0) is 16.2 Å². The van der Waals surface area contributed by atoms with Gasteiger partial charge in [0.15, 0.2) is 0 Å². The maximum Gasteiger partial charge on any atom is 0.417 e. The van der Waals surface area contributed by atoms with Crippen molar-refractivity contribution in [2.24, 2.45) is 5.92 Å². The Labute approximate surface area is 151 Å². The maximum atomic E-state index is 12.8. The summed E-state index contributed by atoms with van der Waals surface area (Å²) in [5, 5.41) is 12.1. The van der Waals surface area contributed by atoms with Gasteiger partial charge in [-0.15, -0.1) is 12.4 Å². The molecule has 25 heavy (non-hydrogen) atoms. The Morgan fingerprint density at radius 1 is 1.40 bits per heavy atom. The van der Waals surface area contributed by atoms with Crippen molar-refractivity contribution < 1.29 is 21.6 Å². The number of nitriles is 1. The Morgan fingerprint density at radius 2 is 2.08 bits per heavy atom. The van der Waals surface area contributed by atoms with Crippen LogP contribution < -0.4 is 10.0 Å². The zero-order chi connectivity index (χ0) is 18.0. The average Bonchev–Trinajstić information content (AvgIpc) is 2.53. The number of hydrogen-bond donors (Lipinski definition) is 2. The van der Waals surface area contributed by atoms with Crippen molar-refractivity contribution in [3.05, 3.63) is 29.3 Å². The van der Waals surface area contributed by atoms with E-state index in [0.29, 0.717) is 12.6 Å². The van der Waals surface area contributed by atoms with E-state index < -0.39 is 27.3 Å². The summed E-state index contributed by atoms with van der Waals surface area (Å²) in [5.74, 6) is 0.110. The van der Waals surface area contributed by atoms with Gasteiger partial charge in [0.1, 0.15) is 0 Å². The van der Waals surface area contributed by atoms with Crippen molar-refractivity contribution in [2.75, 3.05) is 13.1 Å². The first-order chi connectivity index (χ1) is 11.1. The van der Waals surface area contributed by atoms with Gasteiger partial charge in [-0.3, -0.25) is 0 Å². The summed E-state index contributed by atoms with van der Waals surface area (Å²) in [5.41, 5.74) is -1.86. The predicted octanol–water partition coefficient (Wildman–Crippen LogP) is 2.67. The number of benzene rings is 1. The van der Waals surface area contributed by atoms with E-state index in [-0.39, 0.29) is 29.3 Å². The average molecular weight is 398 g/mol. The highest BCUT2D eigenvalue weighted by atomic mass is 35.5. The molecule has 1 aromatic rings. The van der Waals surface area contributed by atoms with Crippen LogP contribution in [0.4, 0.5) is 13.2 Å². The van der Waals surface area contributed by atoms with Crippen molar-refractivity contribution >= 4 is 22.4 Å². The highest BCUT2D eigenvalue weighted by molar-refractivity contribution is 7.89. The molecule has 0 bridgehead atoms. The topological polar surface area (TPSA) is 82.0 Å². The predicted molar refractivity (Wildman–Crippen MR) is 88.8 cm³/mol. The van der Waals surface area contributed by atoms with Crippen LogP contribution in [0.1, 0.15) is 30.9 Å². The number of sulfonamides is 1. The van der Waals surface area contributed by atoms with Gasteiger partial charge in [-0.05, 0) is 57.0 Å². The van der Waals surface area contributed by atoms with Crippen LogP contribution in [0.2, 0.25) is 0 Å². The fraction of sp³-hybridized carbons (Fsp3) is 0.533. The second-order valence-electron chi connectivity index (χ2n) is 5.83. The molecule has 0 aliphatic carbocycles. The van der Waals surface area contributed by atoms with E-state index in [1.165, 1.54) is 6.07 Å². The molecule has 0 aromatic heterocycles. The smallest absolute Gasteiger partial charge is 0.316 e. The molecule has 10 heteroatoms. The molecule has 1 aliphatic rings. The Kier molecular flexibility index (Phi) is 7.26. The van der Waals surface area contributed by atoms with Gasteiger partial charge >= 0.3 is 6.18 Å². The number of nitrogens with zero attached hydrogens (tertiary/aromatic N) is 1. The molecule has 0 spiro atoms. The molecule has 1 aromatic carbocycles. The molecule has 1 saturated heterocycles. The van der Waals surface area contributed by atoms with E-state index in [0.717, 1.165) is 31.5 Å². The van der Waals surface area contributed by atoms with Crippen molar-refractivity contribution in [3.63, 3.8) is 0 Å². The first-order valence-corrected chi connectivity index (χ1v) is 8.98. The summed E-state index contributed by atoms with van der Waals surface area (Å²) in [4.78, 5) is -0.345. The zero-order valence-corrected chi connectivity index (χ0v) is 15.1. The first kappa shape index (κ1) is 21.7. The summed E-state index contributed by atoms with van der Waals surface area (Å²) in [6, 6.07) is 3.30.